The van der Waals surface area contributed by atoms with Crippen molar-refractivity contribution in [3.63, 3.8) is 0 Å². The summed E-state index contributed by atoms with van der Waals surface area (Å²) >= 11 is 0. The van der Waals surface area contributed by atoms with E-state index in [9.17, 15) is 8.42 Å². The van der Waals surface area contributed by atoms with E-state index in [1.54, 1.807) is 12.1 Å². The Bertz CT molecular complexity index is 706. The van der Waals surface area contributed by atoms with Gasteiger partial charge in [0.1, 0.15) is 11.5 Å². The molecule has 0 saturated heterocycles. The zero-order valence-corrected chi connectivity index (χ0v) is 12.3. The van der Waals surface area contributed by atoms with E-state index in [1.165, 1.54) is 18.4 Å². The lowest BCUT2D eigenvalue weighted by Gasteiger charge is -2.13. The highest BCUT2D eigenvalue weighted by Gasteiger charge is 2.09. The van der Waals surface area contributed by atoms with E-state index in [2.05, 4.69) is 0 Å². The van der Waals surface area contributed by atoms with E-state index in [0.717, 1.165) is 16.9 Å². The molecular formula is C15H17NO3S. The molecule has 106 valence electrons. The van der Waals surface area contributed by atoms with Gasteiger partial charge in [-0.25, -0.2) is 8.42 Å². The molecule has 0 aliphatic carbocycles. The Balaban J connectivity index is 2.32. The first kappa shape index (κ1) is 14.6. The van der Waals surface area contributed by atoms with Crippen molar-refractivity contribution in [3.8, 4) is 11.5 Å². The average molecular weight is 291 g/mol. The van der Waals surface area contributed by atoms with Gasteiger partial charge in [0.05, 0.1) is 4.90 Å². The van der Waals surface area contributed by atoms with Gasteiger partial charge in [0.25, 0.3) is 0 Å². The van der Waals surface area contributed by atoms with Crippen molar-refractivity contribution < 1.29 is 13.2 Å². The summed E-state index contributed by atoms with van der Waals surface area (Å²) in [5.41, 5.74) is 7.60. The van der Waals surface area contributed by atoms with Crippen LogP contribution in [0.5, 0.6) is 11.5 Å². The quantitative estimate of drug-likeness (QED) is 0.940. The monoisotopic (exact) mass is 291 g/mol. The summed E-state index contributed by atoms with van der Waals surface area (Å²) < 4.78 is 28.6. The van der Waals surface area contributed by atoms with E-state index < -0.39 is 9.84 Å². The van der Waals surface area contributed by atoms with Crippen LogP contribution in [0.25, 0.3) is 0 Å². The van der Waals surface area contributed by atoms with Crippen LogP contribution in [0.15, 0.2) is 47.4 Å². The van der Waals surface area contributed by atoms with E-state index >= 15 is 0 Å². The molecule has 2 N–H and O–H groups in total. The molecule has 0 heterocycles. The normalized spacial score (nSPS) is 11.3. The van der Waals surface area contributed by atoms with Gasteiger partial charge in [-0.1, -0.05) is 18.2 Å². The number of hydrogen-bond acceptors (Lipinski definition) is 4. The lowest BCUT2D eigenvalue weighted by molar-refractivity contribution is 0.472. The van der Waals surface area contributed by atoms with Gasteiger partial charge >= 0.3 is 0 Å². The summed E-state index contributed by atoms with van der Waals surface area (Å²) in [7, 11) is -3.19. The highest BCUT2D eigenvalue weighted by molar-refractivity contribution is 7.90. The summed E-state index contributed by atoms with van der Waals surface area (Å²) in [4.78, 5) is 0.272. The first-order valence-electron chi connectivity index (χ1n) is 6.18. The number of hydrogen-bond donors (Lipinski definition) is 1. The molecule has 0 bridgehead atoms. The van der Waals surface area contributed by atoms with Gasteiger partial charge in [0.15, 0.2) is 9.84 Å². The molecular weight excluding hydrogens is 274 g/mol. The van der Waals surface area contributed by atoms with Crippen molar-refractivity contribution in [3.05, 3.63) is 53.6 Å². The molecule has 0 aromatic heterocycles. The maximum absolute atomic E-state index is 11.4. The van der Waals surface area contributed by atoms with Crippen molar-refractivity contribution in [2.75, 3.05) is 6.26 Å². The third-order valence-corrected chi connectivity index (χ3v) is 4.11. The standard InChI is InChI=1S/C15H17NO3S/c1-11-4-3-5-12(10-16)15(11)19-13-6-8-14(9-7-13)20(2,17)18/h3-9H,10,16H2,1-2H3. The Morgan fingerprint density at radius 3 is 2.30 bits per heavy atom. The fourth-order valence-electron chi connectivity index (χ4n) is 1.89. The van der Waals surface area contributed by atoms with Crippen LogP contribution >= 0.6 is 0 Å². The topological polar surface area (TPSA) is 69.4 Å². The number of para-hydroxylation sites is 1. The van der Waals surface area contributed by atoms with Gasteiger partial charge in [-0.15, -0.1) is 0 Å². The van der Waals surface area contributed by atoms with Crippen molar-refractivity contribution in [2.24, 2.45) is 5.73 Å². The van der Waals surface area contributed by atoms with Crippen molar-refractivity contribution in [1.29, 1.82) is 0 Å². The number of ether oxygens (including phenoxy) is 1. The number of nitrogens with two attached hydrogens (primary N) is 1. The zero-order chi connectivity index (χ0) is 14.8. The highest BCUT2D eigenvalue weighted by Crippen LogP contribution is 2.29. The lowest BCUT2D eigenvalue weighted by atomic mass is 10.1. The van der Waals surface area contributed by atoms with Gasteiger partial charge in [0, 0.05) is 18.4 Å². The number of aryl methyl sites for hydroxylation is 1. The van der Waals surface area contributed by atoms with Gasteiger partial charge in [-0.05, 0) is 36.8 Å². The van der Waals surface area contributed by atoms with E-state index in [0.29, 0.717) is 12.3 Å². The Kier molecular flexibility index (Phi) is 4.11. The van der Waals surface area contributed by atoms with Gasteiger partial charge in [-0.3, -0.25) is 0 Å². The number of sulfone groups is 1. The second-order valence-electron chi connectivity index (χ2n) is 4.61. The predicted octanol–water partition coefficient (Wildman–Crippen LogP) is 2.65. The van der Waals surface area contributed by atoms with Crippen LogP contribution in [0.3, 0.4) is 0 Å². The third kappa shape index (κ3) is 3.18. The van der Waals surface area contributed by atoms with Crippen molar-refractivity contribution >= 4 is 9.84 Å². The minimum atomic E-state index is -3.19. The van der Waals surface area contributed by atoms with Crippen LogP contribution < -0.4 is 10.5 Å². The van der Waals surface area contributed by atoms with E-state index in [4.69, 9.17) is 10.5 Å². The Morgan fingerprint density at radius 1 is 1.10 bits per heavy atom. The summed E-state index contributed by atoms with van der Waals surface area (Å²) in [6.45, 7) is 2.33. The zero-order valence-electron chi connectivity index (χ0n) is 11.5. The molecule has 0 amide bonds. The van der Waals surface area contributed by atoms with Crippen LogP contribution in [0, 0.1) is 6.92 Å². The number of rotatable bonds is 4. The highest BCUT2D eigenvalue weighted by atomic mass is 32.2. The Labute approximate surface area is 119 Å². The molecule has 0 unspecified atom stereocenters. The van der Waals surface area contributed by atoms with Gasteiger partial charge in [-0.2, -0.15) is 0 Å². The minimum absolute atomic E-state index is 0.272. The van der Waals surface area contributed by atoms with Crippen molar-refractivity contribution in [1.82, 2.24) is 0 Å². The first-order valence-corrected chi connectivity index (χ1v) is 8.07. The number of benzene rings is 2. The van der Waals surface area contributed by atoms with E-state index in [1.807, 2.05) is 25.1 Å². The van der Waals surface area contributed by atoms with E-state index in [-0.39, 0.29) is 4.90 Å². The molecule has 0 aliphatic rings. The molecule has 20 heavy (non-hydrogen) atoms. The molecule has 5 heteroatoms. The molecule has 0 fully saturated rings. The largest absolute Gasteiger partial charge is 0.457 e. The van der Waals surface area contributed by atoms with Crippen LogP contribution in [-0.4, -0.2) is 14.7 Å². The minimum Gasteiger partial charge on any atom is -0.457 e. The summed E-state index contributed by atoms with van der Waals surface area (Å²) in [6, 6.07) is 12.1. The Morgan fingerprint density at radius 2 is 1.75 bits per heavy atom. The van der Waals surface area contributed by atoms with Gasteiger partial charge < -0.3 is 10.5 Å². The maximum atomic E-state index is 11.4. The molecule has 0 saturated carbocycles. The molecule has 0 atom stereocenters. The molecule has 2 aromatic rings. The first-order chi connectivity index (χ1) is 9.41. The van der Waals surface area contributed by atoms with Crippen LogP contribution in [0.1, 0.15) is 11.1 Å². The fraction of sp³-hybridized carbons (Fsp3) is 0.200. The summed E-state index contributed by atoms with van der Waals surface area (Å²) in [6.07, 6.45) is 1.18. The second kappa shape index (κ2) is 5.64. The van der Waals surface area contributed by atoms with Crippen LogP contribution in [0.4, 0.5) is 0 Å². The summed E-state index contributed by atoms with van der Waals surface area (Å²) in [5.74, 6) is 1.31. The molecule has 0 spiro atoms. The van der Waals surface area contributed by atoms with Crippen LogP contribution in [0.2, 0.25) is 0 Å². The molecule has 0 radical (unpaired) electrons. The van der Waals surface area contributed by atoms with Crippen LogP contribution in [-0.2, 0) is 16.4 Å². The second-order valence-corrected chi connectivity index (χ2v) is 6.63. The maximum Gasteiger partial charge on any atom is 0.175 e. The molecule has 2 aromatic carbocycles. The predicted molar refractivity (Wildman–Crippen MR) is 78.7 cm³/mol. The van der Waals surface area contributed by atoms with Gasteiger partial charge in [0.2, 0.25) is 0 Å². The van der Waals surface area contributed by atoms with Crippen molar-refractivity contribution in [2.45, 2.75) is 18.4 Å². The SMILES string of the molecule is Cc1cccc(CN)c1Oc1ccc(S(C)(=O)=O)cc1. The molecule has 0 aliphatic heterocycles. The third-order valence-electron chi connectivity index (χ3n) is 2.99. The fourth-order valence-corrected chi connectivity index (χ4v) is 2.52. The lowest BCUT2D eigenvalue weighted by Crippen LogP contribution is -2.01. The smallest absolute Gasteiger partial charge is 0.175 e. The summed E-state index contributed by atoms with van der Waals surface area (Å²) in [5, 5.41) is 0. The Hall–Kier alpha value is -1.85. The molecule has 2 rings (SSSR count). The average Bonchev–Trinajstić information content (AvgIpc) is 2.40. The molecule has 4 nitrogen and oxygen atoms in total.